The Morgan fingerprint density at radius 2 is 1.62 bits per heavy atom. The van der Waals surface area contributed by atoms with E-state index in [1.54, 1.807) is 6.07 Å². The summed E-state index contributed by atoms with van der Waals surface area (Å²) in [6.45, 7) is 11.4. The van der Waals surface area contributed by atoms with Crippen LogP contribution in [0.1, 0.15) is 78.7 Å². The highest BCUT2D eigenvalue weighted by atomic mass is 28.4. The van der Waals surface area contributed by atoms with Crippen LogP contribution in [0.3, 0.4) is 0 Å². The number of halogens is 1. The smallest absolute Gasteiger partial charge is 0.455 e. The molecule has 0 unspecified atom stereocenters. The largest absolute Gasteiger partial charge is 0.505 e. The molecule has 0 bridgehead atoms. The molecular weight excluding hydrogens is 684 g/mol. The molecule has 0 saturated carbocycles. The summed E-state index contributed by atoms with van der Waals surface area (Å²) in [4.78, 5) is 29.4. The predicted octanol–water partition coefficient (Wildman–Crippen LogP) is 7.28. The molecule has 2 fully saturated rings. The number of hydrogen-bond acceptors (Lipinski definition) is 6. The Morgan fingerprint density at radius 1 is 0.962 bits per heavy atom. The van der Waals surface area contributed by atoms with Crippen LogP contribution in [-0.2, 0) is 18.7 Å². The Labute approximate surface area is 315 Å². The number of rotatable bonds is 13. The van der Waals surface area contributed by atoms with Gasteiger partial charge in [-0.1, -0.05) is 119 Å². The highest BCUT2D eigenvalue weighted by molar-refractivity contribution is 6.99. The average molecular weight is 738 g/mol. The van der Waals surface area contributed by atoms with Crippen molar-refractivity contribution in [3.05, 3.63) is 107 Å². The van der Waals surface area contributed by atoms with Gasteiger partial charge in [0.25, 0.3) is 8.32 Å². The summed E-state index contributed by atoms with van der Waals surface area (Å²) in [7, 11) is -4.04. The lowest BCUT2D eigenvalue weighted by molar-refractivity contribution is -0.140. The SMILES string of the molecule is CCC/C(=C\c1ccc(O)c(F)c1)CC[C@H]1OB(O)C[C@H]2C1=C(CO[Si](c1ccccc1)(c1ccccc1)C(C)(C)C)C[C@H]1C(=O)N(CCC)C(=O)[C@H]12. The maximum Gasteiger partial charge on any atom is 0.455 e. The summed E-state index contributed by atoms with van der Waals surface area (Å²) in [6.07, 6.45) is 5.61. The standard InChI is InChI=1S/C43H53BFNO6Si/c1-6-14-29(24-30-19-21-37(47)36(45)25-30)20-22-38-39-31(26-34-40(35(39)27-44(50)52-38)42(49)46(23-7-2)41(34)48)28-51-53(43(3,4)5,32-15-10-8-11-16-32)33-17-12-9-13-18-33/h8-13,15-19,21,24-25,34-35,38,40,47,50H,6-7,14,20,22-23,26-28H2,1-5H3/b29-24+/t34-,35+,38-,40-/m1/s1. The number of benzene rings is 3. The molecule has 2 amide bonds. The second-order valence-electron chi connectivity index (χ2n) is 15.9. The number of amides is 2. The second-order valence-corrected chi connectivity index (χ2v) is 20.2. The first-order valence-electron chi connectivity index (χ1n) is 19.2. The average Bonchev–Trinajstić information content (AvgIpc) is 3.37. The number of carbonyl (C=O) groups excluding carboxylic acids is 2. The molecule has 3 aliphatic rings. The number of aromatic hydroxyl groups is 1. The maximum absolute atomic E-state index is 14.3. The number of allylic oxidation sites excluding steroid dienone is 1. The van der Waals surface area contributed by atoms with E-state index in [9.17, 15) is 24.1 Å². The molecule has 2 heterocycles. The molecule has 53 heavy (non-hydrogen) atoms. The number of imide groups is 1. The van der Waals surface area contributed by atoms with E-state index in [0.717, 1.165) is 39.9 Å². The topological polar surface area (TPSA) is 96.3 Å². The zero-order chi connectivity index (χ0) is 37.9. The Balaban J connectivity index is 1.42. The van der Waals surface area contributed by atoms with Crippen molar-refractivity contribution in [1.29, 1.82) is 0 Å². The van der Waals surface area contributed by atoms with Crippen LogP contribution in [0.15, 0.2) is 95.6 Å². The Morgan fingerprint density at radius 3 is 2.21 bits per heavy atom. The molecule has 0 radical (unpaired) electrons. The van der Waals surface area contributed by atoms with Crippen LogP contribution < -0.4 is 10.4 Å². The molecule has 0 aromatic heterocycles. The molecule has 6 rings (SSSR count). The molecule has 2 aliphatic heterocycles. The molecule has 0 spiro atoms. The highest BCUT2D eigenvalue weighted by Gasteiger charge is 2.58. The molecule has 280 valence electrons. The normalized spacial score (nSPS) is 22.4. The van der Waals surface area contributed by atoms with Crippen LogP contribution >= 0.6 is 0 Å². The van der Waals surface area contributed by atoms with Crippen LogP contribution in [0.2, 0.25) is 11.4 Å². The van der Waals surface area contributed by atoms with E-state index in [0.29, 0.717) is 37.8 Å². The van der Waals surface area contributed by atoms with Gasteiger partial charge < -0.3 is 19.2 Å². The van der Waals surface area contributed by atoms with E-state index in [1.807, 2.05) is 25.1 Å². The van der Waals surface area contributed by atoms with Crippen molar-refractivity contribution in [1.82, 2.24) is 4.90 Å². The van der Waals surface area contributed by atoms with Gasteiger partial charge in [-0.3, -0.25) is 14.5 Å². The molecule has 7 nitrogen and oxygen atoms in total. The second kappa shape index (κ2) is 16.3. The van der Waals surface area contributed by atoms with E-state index in [-0.39, 0.29) is 41.4 Å². The first-order valence-corrected chi connectivity index (χ1v) is 21.1. The van der Waals surface area contributed by atoms with Gasteiger partial charge in [0.05, 0.1) is 24.5 Å². The fourth-order valence-corrected chi connectivity index (χ4v) is 13.7. The van der Waals surface area contributed by atoms with Crippen molar-refractivity contribution in [2.24, 2.45) is 17.8 Å². The van der Waals surface area contributed by atoms with Crippen LogP contribution in [-0.4, -0.2) is 61.5 Å². The summed E-state index contributed by atoms with van der Waals surface area (Å²) in [5.41, 5.74) is 3.73. The number of phenolic OH excluding ortho intramolecular Hbond substituents is 1. The molecule has 3 aromatic rings. The van der Waals surface area contributed by atoms with Crippen molar-refractivity contribution < 1.29 is 33.2 Å². The number of likely N-dealkylation sites (tertiary alicyclic amines) is 1. The van der Waals surface area contributed by atoms with E-state index < -0.39 is 39.2 Å². The minimum absolute atomic E-state index is 0.129. The fourth-order valence-electron chi connectivity index (χ4n) is 9.12. The Hall–Kier alpha value is -3.83. The van der Waals surface area contributed by atoms with Gasteiger partial charge in [0, 0.05) is 6.54 Å². The zero-order valence-electron chi connectivity index (χ0n) is 31.7. The highest BCUT2D eigenvalue weighted by Crippen LogP contribution is 2.51. The minimum atomic E-state index is -2.96. The molecule has 2 N–H and O–H groups in total. The molecule has 1 aliphatic carbocycles. The van der Waals surface area contributed by atoms with Crippen molar-refractivity contribution in [2.75, 3.05) is 13.2 Å². The van der Waals surface area contributed by atoms with Gasteiger partial charge >= 0.3 is 7.12 Å². The van der Waals surface area contributed by atoms with Gasteiger partial charge in [0.2, 0.25) is 11.8 Å². The quantitative estimate of drug-likeness (QED) is 0.109. The summed E-state index contributed by atoms with van der Waals surface area (Å²) in [5, 5.41) is 23.0. The van der Waals surface area contributed by atoms with E-state index in [4.69, 9.17) is 9.08 Å². The summed E-state index contributed by atoms with van der Waals surface area (Å²) in [5.74, 6) is -2.75. The van der Waals surface area contributed by atoms with Gasteiger partial charge in [-0.15, -0.1) is 0 Å². The lowest BCUT2D eigenvalue weighted by Crippen LogP contribution is -2.66. The number of hydrogen-bond donors (Lipinski definition) is 2. The Kier molecular flexibility index (Phi) is 11.9. The third-order valence-corrected chi connectivity index (χ3v) is 16.3. The molecular formula is C43H53BFNO6Si. The lowest BCUT2D eigenvalue weighted by atomic mass is 9.58. The van der Waals surface area contributed by atoms with Crippen molar-refractivity contribution in [3.8, 4) is 5.75 Å². The van der Waals surface area contributed by atoms with Gasteiger partial charge in [0.15, 0.2) is 11.6 Å². The molecule has 10 heteroatoms. The summed E-state index contributed by atoms with van der Waals surface area (Å²) < 4.78 is 28.1. The van der Waals surface area contributed by atoms with Crippen LogP contribution in [0.4, 0.5) is 4.39 Å². The van der Waals surface area contributed by atoms with Crippen LogP contribution in [0.25, 0.3) is 6.08 Å². The van der Waals surface area contributed by atoms with Gasteiger partial charge in [-0.05, 0) is 88.6 Å². The van der Waals surface area contributed by atoms with E-state index in [1.165, 1.54) is 17.0 Å². The first kappa shape index (κ1) is 38.9. The third-order valence-electron chi connectivity index (χ3n) is 11.4. The Bertz CT molecular complexity index is 1800. The monoisotopic (exact) mass is 737 g/mol. The van der Waals surface area contributed by atoms with Crippen molar-refractivity contribution in [3.63, 3.8) is 0 Å². The number of carbonyl (C=O) groups is 2. The van der Waals surface area contributed by atoms with Crippen LogP contribution in [0.5, 0.6) is 5.75 Å². The minimum Gasteiger partial charge on any atom is -0.505 e. The van der Waals surface area contributed by atoms with Gasteiger partial charge in [-0.25, -0.2) is 4.39 Å². The van der Waals surface area contributed by atoms with E-state index in [2.05, 4.69) is 76.2 Å². The third kappa shape index (κ3) is 7.74. The number of phenols is 1. The van der Waals surface area contributed by atoms with E-state index >= 15 is 0 Å². The van der Waals surface area contributed by atoms with Gasteiger partial charge in [0.1, 0.15) is 0 Å². The summed E-state index contributed by atoms with van der Waals surface area (Å²) in [6, 6.07) is 25.3. The molecule has 4 atom stereocenters. The first-order chi connectivity index (χ1) is 25.4. The summed E-state index contributed by atoms with van der Waals surface area (Å²) >= 11 is 0. The predicted molar refractivity (Wildman–Crippen MR) is 211 cm³/mol. The number of nitrogens with zero attached hydrogens (tertiary/aromatic N) is 1. The van der Waals surface area contributed by atoms with Gasteiger partial charge in [-0.2, -0.15) is 0 Å². The number of fused-ring (bicyclic) bond motifs is 3. The zero-order valence-corrected chi connectivity index (χ0v) is 32.7. The lowest BCUT2D eigenvalue weighted by Gasteiger charge is -2.46. The van der Waals surface area contributed by atoms with Crippen molar-refractivity contribution >= 4 is 43.7 Å². The maximum atomic E-state index is 14.3. The fraction of sp³-hybridized carbons (Fsp3) is 0.442. The van der Waals surface area contributed by atoms with Crippen LogP contribution in [0, 0.1) is 23.6 Å². The molecule has 2 saturated heterocycles. The molecule has 3 aromatic carbocycles. The van der Waals surface area contributed by atoms with Crippen molar-refractivity contribution in [2.45, 2.75) is 90.6 Å².